The normalized spacial score (nSPS) is 49.5. The summed E-state index contributed by atoms with van der Waals surface area (Å²) in [7, 11) is 5.34. The van der Waals surface area contributed by atoms with Gasteiger partial charge in [0.1, 0.15) is 41.4 Å². The number of aliphatic hydroxyl groups excluding tert-OH is 3. The van der Waals surface area contributed by atoms with Crippen LogP contribution < -0.4 is 0 Å². The maximum Gasteiger partial charge on any atom is 0.311 e. The van der Waals surface area contributed by atoms with Crippen LogP contribution in [0.25, 0.3) is 0 Å². The third-order valence-corrected chi connectivity index (χ3v) is 12.0. The number of nitrogens with zero attached hydrogens (tertiary/aromatic N) is 1. The maximum atomic E-state index is 14.1. The van der Waals surface area contributed by atoms with Crippen LogP contribution in [0.1, 0.15) is 94.9 Å². The first kappa shape index (κ1) is 41.4. The van der Waals surface area contributed by atoms with E-state index in [1.54, 1.807) is 34.6 Å². The van der Waals surface area contributed by atoms with Gasteiger partial charge in [-0.1, -0.05) is 20.8 Å². The summed E-state index contributed by atoms with van der Waals surface area (Å²) >= 11 is 0. The van der Waals surface area contributed by atoms with Crippen molar-refractivity contribution < 1.29 is 58.4 Å². The van der Waals surface area contributed by atoms with Crippen molar-refractivity contribution in [1.82, 2.24) is 4.90 Å². The second-order valence-corrected chi connectivity index (χ2v) is 16.3. The summed E-state index contributed by atoms with van der Waals surface area (Å²) in [4.78, 5) is 16.1. The van der Waals surface area contributed by atoms with Crippen molar-refractivity contribution >= 4 is 5.97 Å². The van der Waals surface area contributed by atoms with Crippen LogP contribution in [-0.2, 0) is 38.0 Å². The molecule has 0 amide bonds. The van der Waals surface area contributed by atoms with Crippen molar-refractivity contribution in [1.29, 1.82) is 0 Å². The van der Waals surface area contributed by atoms with Gasteiger partial charge in [0.15, 0.2) is 12.6 Å². The van der Waals surface area contributed by atoms with Crippen molar-refractivity contribution in [2.75, 3.05) is 21.2 Å². The number of methoxy groups -OCH3 is 1. The highest BCUT2D eigenvalue weighted by Gasteiger charge is 2.56. The molecule has 4 rings (SSSR count). The molecule has 17 atom stereocenters. The highest BCUT2D eigenvalue weighted by Crippen LogP contribution is 2.47. The average Bonchev–Trinajstić information content (AvgIpc) is 3.37. The molecule has 3 fully saturated rings. The summed E-state index contributed by atoms with van der Waals surface area (Å²) < 4.78 is 44.6. The maximum absolute atomic E-state index is 14.1. The number of cyclic esters (lactones) is 1. The van der Waals surface area contributed by atoms with E-state index < -0.39 is 95.8 Å². The Morgan fingerprint density at radius 3 is 2.18 bits per heavy atom. The SMILES string of the molecule is CC[C@H]1OC(=O)[C@H](C)[C@@H](O[C@H]2C[C@@](C)(OC)[C@@H](O)[C@H](C)O2)[C@H](C)[C@@H](O[C@@H]2O[C@H](C)C[C@H](N(C)C)C2O)[C@@]2(C)CC(C)=C(O2)[C@H](C)[C@@H](O)[C@]1(C)O. The van der Waals surface area contributed by atoms with Crippen molar-refractivity contribution in [3.63, 3.8) is 0 Å². The van der Waals surface area contributed by atoms with E-state index in [0.29, 0.717) is 18.6 Å². The van der Waals surface area contributed by atoms with Gasteiger partial charge < -0.3 is 58.5 Å². The number of hydrogen-bond donors (Lipinski definition) is 4. The Kier molecular flexibility index (Phi) is 12.8. The van der Waals surface area contributed by atoms with E-state index >= 15 is 0 Å². The molecule has 0 aliphatic carbocycles. The molecule has 4 heterocycles. The van der Waals surface area contributed by atoms with E-state index in [2.05, 4.69) is 0 Å². The molecule has 50 heavy (non-hydrogen) atoms. The number of aliphatic hydroxyl groups is 4. The zero-order valence-electron chi connectivity index (χ0n) is 32.4. The van der Waals surface area contributed by atoms with Crippen molar-refractivity contribution in [2.45, 2.75) is 179 Å². The fourth-order valence-corrected chi connectivity index (χ4v) is 8.73. The number of hydrogen-bond acceptors (Lipinski definition) is 13. The highest BCUT2D eigenvalue weighted by molar-refractivity contribution is 5.73. The summed E-state index contributed by atoms with van der Waals surface area (Å²) in [6, 6.07) is -0.235. The number of carbonyl (C=O) groups is 1. The van der Waals surface area contributed by atoms with E-state index in [1.807, 2.05) is 46.7 Å². The van der Waals surface area contributed by atoms with Crippen LogP contribution in [0.4, 0.5) is 0 Å². The molecule has 4 aliphatic heterocycles. The second kappa shape index (κ2) is 15.5. The molecule has 0 aromatic carbocycles. The van der Waals surface area contributed by atoms with Gasteiger partial charge in [0, 0.05) is 37.8 Å². The van der Waals surface area contributed by atoms with Crippen LogP contribution in [0.5, 0.6) is 0 Å². The minimum absolute atomic E-state index is 0.173. The summed E-state index contributed by atoms with van der Waals surface area (Å²) in [6.45, 7) is 18.0. The van der Waals surface area contributed by atoms with Crippen LogP contribution in [0.15, 0.2) is 11.3 Å². The number of carbonyl (C=O) groups excluding carboxylic acids is 1. The van der Waals surface area contributed by atoms with Crippen molar-refractivity contribution in [3.05, 3.63) is 11.3 Å². The minimum Gasteiger partial charge on any atom is -0.489 e. The standard InChI is InChI=1S/C37H65NO12/c1-14-25-37(10,43)30(40)20(4)28-18(2)16-36(9,50-28)32(49-34-27(39)24(38(11)12)15-19(3)45-34)21(5)29(22(6)33(42)47-25)48-26-17-35(8,44-13)31(41)23(7)46-26/h19-27,29-32,34,39-41,43H,14-17H2,1-13H3/t19-,20+,21+,22-,23+,24+,25-,26+,27?,29+,30-,31+,32-,34+,35-,36-,37-/m1/s1. The van der Waals surface area contributed by atoms with Gasteiger partial charge in [0.2, 0.25) is 0 Å². The molecule has 0 radical (unpaired) electrons. The second-order valence-electron chi connectivity index (χ2n) is 16.3. The molecule has 0 aromatic heterocycles. The van der Waals surface area contributed by atoms with Gasteiger partial charge in [0.05, 0.1) is 35.9 Å². The van der Waals surface area contributed by atoms with E-state index in [9.17, 15) is 25.2 Å². The van der Waals surface area contributed by atoms with E-state index in [4.69, 9.17) is 33.2 Å². The lowest BCUT2D eigenvalue weighted by atomic mass is 9.78. The van der Waals surface area contributed by atoms with Crippen LogP contribution >= 0.6 is 0 Å². The van der Waals surface area contributed by atoms with E-state index in [-0.39, 0.29) is 25.0 Å². The molecule has 4 N–H and O–H groups in total. The highest BCUT2D eigenvalue weighted by atomic mass is 16.7. The van der Waals surface area contributed by atoms with E-state index in [0.717, 1.165) is 5.57 Å². The molecular weight excluding hydrogens is 650 g/mol. The molecule has 1 unspecified atom stereocenters. The molecule has 0 aromatic rings. The Labute approximate surface area is 298 Å². The molecule has 13 heteroatoms. The topological polar surface area (TPSA) is 166 Å². The molecule has 2 bridgehead atoms. The summed E-state index contributed by atoms with van der Waals surface area (Å²) in [5, 5.41) is 45.9. The Hall–Kier alpha value is -1.39. The Bertz CT molecular complexity index is 1210. The first-order valence-corrected chi connectivity index (χ1v) is 18.3. The molecule has 0 saturated carbocycles. The summed E-state index contributed by atoms with van der Waals surface area (Å²) in [5.41, 5.74) is -3.00. The van der Waals surface area contributed by atoms with Gasteiger partial charge >= 0.3 is 5.97 Å². The predicted molar refractivity (Wildman–Crippen MR) is 184 cm³/mol. The van der Waals surface area contributed by atoms with Gasteiger partial charge in [-0.3, -0.25) is 4.79 Å². The van der Waals surface area contributed by atoms with Crippen LogP contribution in [0.3, 0.4) is 0 Å². The predicted octanol–water partition coefficient (Wildman–Crippen LogP) is 2.89. The largest absolute Gasteiger partial charge is 0.489 e. The molecule has 290 valence electrons. The Morgan fingerprint density at radius 2 is 1.60 bits per heavy atom. The quantitative estimate of drug-likeness (QED) is 0.285. The van der Waals surface area contributed by atoms with Crippen LogP contribution in [-0.4, -0.2) is 137 Å². The van der Waals surface area contributed by atoms with Gasteiger partial charge in [-0.15, -0.1) is 0 Å². The number of rotatable bonds is 7. The number of fused-ring (bicyclic) bond motifs is 2. The Balaban J connectivity index is 1.84. The molecule has 0 spiro atoms. The van der Waals surface area contributed by atoms with Gasteiger partial charge in [0.25, 0.3) is 0 Å². The lowest BCUT2D eigenvalue weighted by Crippen LogP contribution is -2.60. The van der Waals surface area contributed by atoms with Crippen LogP contribution in [0, 0.1) is 17.8 Å². The number of ether oxygens (including phenoxy) is 7. The monoisotopic (exact) mass is 715 g/mol. The molecule has 13 nitrogen and oxygen atoms in total. The molecule has 3 saturated heterocycles. The molecular formula is C37H65NO12. The lowest BCUT2D eigenvalue weighted by molar-refractivity contribution is -0.316. The third-order valence-electron chi connectivity index (χ3n) is 12.0. The fourth-order valence-electron chi connectivity index (χ4n) is 8.73. The van der Waals surface area contributed by atoms with Crippen molar-refractivity contribution in [3.8, 4) is 0 Å². The Morgan fingerprint density at radius 1 is 0.960 bits per heavy atom. The first-order chi connectivity index (χ1) is 23.1. The summed E-state index contributed by atoms with van der Waals surface area (Å²) in [6.07, 6.45) is -7.39. The van der Waals surface area contributed by atoms with Gasteiger partial charge in [-0.05, 0) is 81.0 Å². The first-order valence-electron chi connectivity index (χ1n) is 18.3. The van der Waals surface area contributed by atoms with Gasteiger partial charge in [-0.25, -0.2) is 0 Å². The zero-order valence-corrected chi connectivity index (χ0v) is 32.4. The summed E-state index contributed by atoms with van der Waals surface area (Å²) in [5.74, 6) is -2.31. The number of esters is 1. The smallest absolute Gasteiger partial charge is 0.311 e. The van der Waals surface area contributed by atoms with Gasteiger partial charge in [-0.2, -0.15) is 0 Å². The number of likely N-dealkylation sites (N-methyl/N-ethyl adjacent to an activating group) is 1. The lowest BCUT2D eigenvalue weighted by Gasteiger charge is -2.48. The minimum atomic E-state index is -1.82. The van der Waals surface area contributed by atoms with Crippen molar-refractivity contribution in [2.24, 2.45) is 17.8 Å². The third kappa shape index (κ3) is 7.93. The zero-order chi connectivity index (χ0) is 37.7. The van der Waals surface area contributed by atoms with E-state index in [1.165, 1.54) is 14.0 Å². The van der Waals surface area contributed by atoms with Crippen LogP contribution in [0.2, 0.25) is 0 Å². The molecule has 4 aliphatic rings. The average molecular weight is 716 g/mol. The fraction of sp³-hybridized carbons (Fsp3) is 0.919.